The third kappa shape index (κ3) is 14.2. The van der Waals surface area contributed by atoms with Crippen molar-refractivity contribution in [2.24, 2.45) is 11.3 Å². The number of aliphatic hydroxyl groups is 1. The summed E-state index contributed by atoms with van der Waals surface area (Å²) in [5, 5.41) is 21.8. The minimum atomic E-state index is -3.85. The van der Waals surface area contributed by atoms with Gasteiger partial charge >= 0.3 is 6.03 Å². The van der Waals surface area contributed by atoms with E-state index in [1.165, 1.54) is 23.5 Å². The van der Waals surface area contributed by atoms with Crippen LogP contribution in [0.5, 0.6) is 0 Å². The Morgan fingerprint density at radius 3 is 1.96 bits per heavy atom. The van der Waals surface area contributed by atoms with Gasteiger partial charge in [-0.3, -0.25) is 14.4 Å². The zero-order valence-corrected chi connectivity index (χ0v) is 33.1. The second-order valence-corrected chi connectivity index (χ2v) is 17.2. The first-order valence-electron chi connectivity index (χ1n) is 18.1. The summed E-state index contributed by atoms with van der Waals surface area (Å²) in [6, 6.07) is 3.00. The molecule has 12 nitrogen and oxygen atoms in total. The van der Waals surface area contributed by atoms with Gasteiger partial charge in [0.05, 0.1) is 10.9 Å². The highest BCUT2D eigenvalue weighted by molar-refractivity contribution is 7.91. The molecule has 0 radical (unpaired) electrons. The van der Waals surface area contributed by atoms with Crippen LogP contribution in [0.15, 0.2) is 29.2 Å². The van der Waals surface area contributed by atoms with Gasteiger partial charge in [0.1, 0.15) is 18.0 Å². The van der Waals surface area contributed by atoms with Gasteiger partial charge in [-0.15, -0.1) is 0 Å². The third-order valence-electron chi connectivity index (χ3n) is 8.32. The van der Waals surface area contributed by atoms with Gasteiger partial charge in [-0.05, 0) is 70.4 Å². The van der Waals surface area contributed by atoms with Crippen LogP contribution >= 0.6 is 0 Å². The second-order valence-electron chi connectivity index (χ2n) is 15.2. The van der Waals surface area contributed by atoms with E-state index in [9.17, 15) is 32.7 Å². The molecule has 1 aromatic rings. The molecular weight excluding hydrogens is 659 g/mol. The molecule has 13 heteroatoms. The zero-order chi connectivity index (χ0) is 38.4. The quantitative estimate of drug-likeness (QED) is 0.218. The van der Waals surface area contributed by atoms with Crippen LogP contribution in [0, 0.1) is 18.3 Å². The maximum absolute atomic E-state index is 13.8. The van der Waals surface area contributed by atoms with E-state index in [4.69, 9.17) is 0 Å². The smallest absolute Gasteiger partial charge is 0.315 e. The largest absolute Gasteiger partial charge is 0.381 e. The first-order chi connectivity index (χ1) is 23.2. The van der Waals surface area contributed by atoms with Gasteiger partial charge in [-0.25, -0.2) is 13.2 Å². The highest BCUT2D eigenvalue weighted by Crippen LogP contribution is 2.32. The van der Waals surface area contributed by atoms with E-state index < -0.39 is 68.7 Å². The molecule has 4 atom stereocenters. The molecule has 1 aromatic carbocycles. The molecule has 2 fully saturated rings. The Balaban J connectivity index is 0.00000237. The lowest BCUT2D eigenvalue weighted by atomic mass is 9.79. The van der Waals surface area contributed by atoms with Crippen LogP contribution in [0.1, 0.15) is 120 Å². The van der Waals surface area contributed by atoms with E-state index in [2.05, 4.69) is 35.1 Å². The SMILES string of the molecule is CC.CCC.Cc1ccc(S(=O)(=O)CNC(=O)C(O)C(CC2CCC2)NC(=O)C2CCCN2C(=O)[C@@H](NC(=O)NC(C)(C)C)C(C)(C)C)cc1. The summed E-state index contributed by atoms with van der Waals surface area (Å²) in [6.45, 7) is 21.4. The summed E-state index contributed by atoms with van der Waals surface area (Å²) in [5.74, 6) is -2.30. The number of urea groups is 1. The summed E-state index contributed by atoms with van der Waals surface area (Å²) in [7, 11) is -3.85. The van der Waals surface area contributed by atoms with Crippen molar-refractivity contribution in [1.29, 1.82) is 0 Å². The van der Waals surface area contributed by atoms with Crippen molar-refractivity contribution in [3.05, 3.63) is 29.8 Å². The molecule has 3 unspecified atom stereocenters. The van der Waals surface area contributed by atoms with Crippen LogP contribution in [-0.4, -0.2) is 84.4 Å². The number of likely N-dealkylation sites (tertiary alicyclic amines) is 1. The molecule has 50 heavy (non-hydrogen) atoms. The number of aliphatic hydroxyl groups excluding tert-OH is 1. The van der Waals surface area contributed by atoms with Crippen LogP contribution in [0.2, 0.25) is 0 Å². The van der Waals surface area contributed by atoms with Crippen LogP contribution in [-0.2, 0) is 24.2 Å². The van der Waals surface area contributed by atoms with Gasteiger partial charge in [-0.2, -0.15) is 0 Å². The number of nitrogens with zero attached hydrogens (tertiary/aromatic N) is 1. The van der Waals surface area contributed by atoms with Crippen molar-refractivity contribution in [2.45, 2.75) is 156 Å². The number of carbonyl (C=O) groups is 4. The van der Waals surface area contributed by atoms with Gasteiger partial charge in [0.25, 0.3) is 5.91 Å². The monoisotopic (exact) mass is 723 g/mol. The van der Waals surface area contributed by atoms with Crippen LogP contribution in [0.25, 0.3) is 0 Å². The number of sulfone groups is 1. The fourth-order valence-corrected chi connectivity index (χ4v) is 6.59. The lowest BCUT2D eigenvalue weighted by molar-refractivity contribution is -0.143. The molecule has 5 amide bonds. The summed E-state index contributed by atoms with van der Waals surface area (Å²) >= 11 is 0. The Labute approximate surface area is 301 Å². The molecule has 5 N–H and O–H groups in total. The molecule has 1 aliphatic carbocycles. The molecule has 0 aromatic heterocycles. The topological polar surface area (TPSA) is 174 Å². The minimum Gasteiger partial charge on any atom is -0.381 e. The van der Waals surface area contributed by atoms with E-state index in [0.717, 1.165) is 24.8 Å². The Kier molecular flexibility index (Phi) is 17.9. The van der Waals surface area contributed by atoms with E-state index in [1.54, 1.807) is 12.1 Å². The summed E-state index contributed by atoms with van der Waals surface area (Å²) in [5.41, 5.74) is -0.281. The summed E-state index contributed by atoms with van der Waals surface area (Å²) < 4.78 is 25.5. The average molecular weight is 724 g/mol. The number of hydrogen-bond donors (Lipinski definition) is 5. The van der Waals surface area contributed by atoms with E-state index in [1.807, 2.05) is 62.3 Å². The molecule has 286 valence electrons. The number of rotatable bonds is 11. The minimum absolute atomic E-state index is 0.0483. The van der Waals surface area contributed by atoms with Gasteiger partial charge in [-0.1, -0.05) is 91.8 Å². The molecule has 2 aliphatic rings. The lowest BCUT2D eigenvalue weighted by Crippen LogP contribution is -2.61. The number of carbonyl (C=O) groups excluding carboxylic acids is 4. The Morgan fingerprint density at radius 1 is 0.920 bits per heavy atom. The van der Waals surface area contributed by atoms with Crippen molar-refractivity contribution >= 4 is 33.6 Å². The average Bonchev–Trinajstić information content (AvgIpc) is 3.50. The first-order valence-corrected chi connectivity index (χ1v) is 19.8. The normalized spacial score (nSPS) is 18.1. The van der Waals surface area contributed by atoms with Crippen LogP contribution in [0.3, 0.4) is 0 Å². The van der Waals surface area contributed by atoms with Crippen molar-refractivity contribution in [3.63, 3.8) is 0 Å². The molecule has 0 bridgehead atoms. The molecule has 1 aliphatic heterocycles. The summed E-state index contributed by atoms with van der Waals surface area (Å²) in [6.07, 6.45) is 3.65. The molecule has 1 heterocycles. The second kappa shape index (κ2) is 20.0. The Bertz CT molecular complexity index is 1350. The van der Waals surface area contributed by atoms with E-state index >= 15 is 0 Å². The van der Waals surface area contributed by atoms with Gasteiger partial charge in [0.15, 0.2) is 15.9 Å². The number of benzene rings is 1. The van der Waals surface area contributed by atoms with Crippen molar-refractivity contribution in [3.8, 4) is 0 Å². The highest BCUT2D eigenvalue weighted by atomic mass is 32.2. The summed E-state index contributed by atoms with van der Waals surface area (Å²) in [4.78, 5) is 54.7. The maximum atomic E-state index is 13.8. The van der Waals surface area contributed by atoms with E-state index in [-0.39, 0.29) is 16.7 Å². The number of aryl methyl sites for hydroxylation is 1. The number of amides is 5. The Morgan fingerprint density at radius 2 is 1.48 bits per heavy atom. The number of hydrogen-bond acceptors (Lipinski definition) is 7. The molecule has 3 rings (SSSR count). The highest BCUT2D eigenvalue weighted by Gasteiger charge is 2.43. The fourth-order valence-electron chi connectivity index (χ4n) is 5.54. The van der Waals surface area contributed by atoms with E-state index in [0.29, 0.717) is 25.8 Å². The maximum Gasteiger partial charge on any atom is 0.315 e. The first kappa shape index (κ1) is 44.8. The zero-order valence-electron chi connectivity index (χ0n) is 32.3. The third-order valence-corrected chi connectivity index (χ3v) is 9.84. The number of nitrogens with one attached hydrogen (secondary N) is 4. The Hall–Kier alpha value is -3.19. The predicted molar refractivity (Wildman–Crippen MR) is 198 cm³/mol. The van der Waals surface area contributed by atoms with Crippen molar-refractivity contribution < 1.29 is 32.7 Å². The van der Waals surface area contributed by atoms with Crippen LogP contribution < -0.4 is 21.3 Å². The van der Waals surface area contributed by atoms with Gasteiger partial charge in [0.2, 0.25) is 11.8 Å². The molecule has 1 saturated heterocycles. The predicted octanol–water partition coefficient (Wildman–Crippen LogP) is 4.82. The fraction of sp³-hybridized carbons (Fsp3) is 0.730. The standard InChI is InChI=1S/C32H51N5O7S.C3H8.C2H6/c1-20-13-15-22(16-14-20)45(43,44)19-33-28(40)25(38)23(18-21-10-8-11-21)34-27(39)24-12-9-17-37(24)29(41)26(31(2,3)4)35-30(42)36-32(5,6)7;1-3-2;1-2/h13-16,21,23-26,38H,8-12,17-19H2,1-7H3,(H,33,40)(H,34,39)(H2,35,36,42);3H2,1-2H3;1-2H3/t23?,24?,25?,26-;;/m1../s1. The van der Waals surface area contributed by atoms with Gasteiger partial charge in [0, 0.05) is 12.1 Å². The van der Waals surface area contributed by atoms with Crippen molar-refractivity contribution in [2.75, 3.05) is 12.4 Å². The molecule has 0 spiro atoms. The van der Waals surface area contributed by atoms with Crippen LogP contribution in [0.4, 0.5) is 4.79 Å². The lowest BCUT2D eigenvalue weighted by Gasteiger charge is -2.37. The van der Waals surface area contributed by atoms with Gasteiger partial charge < -0.3 is 31.3 Å². The molecule has 1 saturated carbocycles. The molecular formula is C37H65N5O7S. The van der Waals surface area contributed by atoms with Crippen molar-refractivity contribution in [1.82, 2.24) is 26.2 Å².